The van der Waals surface area contributed by atoms with Crippen molar-refractivity contribution in [3.63, 3.8) is 0 Å². The average molecular weight is 901 g/mol. The third-order valence-electron chi connectivity index (χ3n) is 10.7. The lowest BCUT2D eigenvalue weighted by atomic mass is 10.1. The average Bonchev–Trinajstić information content (AvgIpc) is 3.30. The fraction of sp³-hybridized carbons (Fsp3) is 0.644. The predicted octanol–water partition coefficient (Wildman–Crippen LogP) is 17.5. The Balaban J connectivity index is 4.50. The second-order valence-electron chi connectivity index (χ2n) is 17.0. The zero-order valence-corrected chi connectivity index (χ0v) is 42.0. The van der Waals surface area contributed by atoms with Gasteiger partial charge in [-0.15, -0.1) is 0 Å². The van der Waals surface area contributed by atoms with Crippen molar-refractivity contribution in [1.82, 2.24) is 0 Å². The molecule has 0 aromatic rings. The fourth-order valence-corrected chi connectivity index (χ4v) is 6.83. The van der Waals surface area contributed by atoms with Crippen LogP contribution in [0.3, 0.4) is 0 Å². The Hall–Kier alpha value is -3.93. The SMILES string of the molecule is CC/C=C\C/C=C\C/C=C\C/C=C\CCCCCCC(=O)OCC(COC(=O)CCCCCCC/C=C\C/C=C\CCCCC)OC(=O)CCCCCCC/C=C\C/C=C\C/C=C\CC. The van der Waals surface area contributed by atoms with Crippen LogP contribution in [0.25, 0.3) is 0 Å². The molecule has 0 bridgehead atoms. The minimum absolute atomic E-state index is 0.103. The Bertz CT molecular complexity index is 1360. The molecular formula is C59H96O6. The van der Waals surface area contributed by atoms with Crippen LogP contribution in [0.4, 0.5) is 0 Å². The van der Waals surface area contributed by atoms with Gasteiger partial charge in [-0.2, -0.15) is 0 Å². The molecule has 0 fully saturated rings. The van der Waals surface area contributed by atoms with Gasteiger partial charge in [0.1, 0.15) is 13.2 Å². The summed E-state index contributed by atoms with van der Waals surface area (Å²) in [5, 5.41) is 0. The van der Waals surface area contributed by atoms with Crippen LogP contribution in [0.1, 0.15) is 226 Å². The van der Waals surface area contributed by atoms with Gasteiger partial charge in [-0.05, 0) is 122 Å². The summed E-state index contributed by atoms with van der Waals surface area (Å²) in [5.74, 6) is -0.961. The quantitative estimate of drug-likeness (QED) is 0.0262. The van der Waals surface area contributed by atoms with Crippen molar-refractivity contribution in [3.05, 3.63) is 109 Å². The summed E-state index contributed by atoms with van der Waals surface area (Å²) in [7, 11) is 0. The smallest absolute Gasteiger partial charge is 0.306 e. The number of carbonyl (C=O) groups excluding carboxylic acids is 3. The Morgan fingerprint density at radius 1 is 0.323 bits per heavy atom. The number of esters is 3. The maximum atomic E-state index is 12.8. The first kappa shape index (κ1) is 61.1. The van der Waals surface area contributed by atoms with E-state index in [1.54, 1.807) is 0 Å². The van der Waals surface area contributed by atoms with E-state index in [4.69, 9.17) is 14.2 Å². The summed E-state index contributed by atoms with van der Waals surface area (Å²) >= 11 is 0. The maximum Gasteiger partial charge on any atom is 0.306 e. The lowest BCUT2D eigenvalue weighted by Gasteiger charge is -2.18. The molecule has 0 N–H and O–H groups in total. The topological polar surface area (TPSA) is 78.9 Å². The highest BCUT2D eigenvalue weighted by Gasteiger charge is 2.19. The Labute approximate surface area is 400 Å². The van der Waals surface area contributed by atoms with Crippen molar-refractivity contribution in [2.45, 2.75) is 232 Å². The molecular weight excluding hydrogens is 805 g/mol. The molecule has 6 nitrogen and oxygen atoms in total. The van der Waals surface area contributed by atoms with Crippen LogP contribution in [-0.4, -0.2) is 37.2 Å². The number of carbonyl (C=O) groups is 3. The molecule has 368 valence electrons. The summed E-state index contributed by atoms with van der Waals surface area (Å²) < 4.78 is 16.8. The Morgan fingerprint density at radius 3 is 0.938 bits per heavy atom. The van der Waals surface area contributed by atoms with Crippen LogP contribution in [0.5, 0.6) is 0 Å². The standard InChI is InChI=1S/C59H96O6/c1-4-7-10-13-16-19-22-25-28-29-32-34-37-40-43-46-49-52-58(61)64-55-56(65-59(62)53-50-47-44-41-38-35-31-27-24-21-18-15-12-9-6-3)54-63-57(60)51-48-45-42-39-36-33-30-26-23-20-17-14-11-8-5-2/h7,9-10,12,16-21,25-28,30-32,34,56H,4-6,8,11,13-15,22-24,29,33,35-55H2,1-3H3/b10-7-,12-9-,19-16-,20-17-,21-18-,28-25-,30-26-,31-27-,34-32-. The summed E-state index contributed by atoms with van der Waals surface area (Å²) in [4.78, 5) is 38.0. The zero-order chi connectivity index (χ0) is 47.2. The highest BCUT2D eigenvalue weighted by atomic mass is 16.6. The number of unbranched alkanes of at least 4 members (excludes halogenated alkanes) is 17. The van der Waals surface area contributed by atoms with E-state index in [-0.39, 0.29) is 31.1 Å². The van der Waals surface area contributed by atoms with Gasteiger partial charge in [0.2, 0.25) is 0 Å². The van der Waals surface area contributed by atoms with E-state index in [9.17, 15) is 14.4 Å². The fourth-order valence-electron chi connectivity index (χ4n) is 6.83. The lowest BCUT2D eigenvalue weighted by molar-refractivity contribution is -0.167. The van der Waals surface area contributed by atoms with Gasteiger partial charge in [-0.1, -0.05) is 194 Å². The number of allylic oxidation sites excluding steroid dienone is 18. The van der Waals surface area contributed by atoms with Gasteiger partial charge in [0.25, 0.3) is 0 Å². The van der Waals surface area contributed by atoms with Crippen LogP contribution < -0.4 is 0 Å². The molecule has 0 saturated heterocycles. The van der Waals surface area contributed by atoms with Gasteiger partial charge in [0.05, 0.1) is 0 Å². The third kappa shape index (κ3) is 50.9. The van der Waals surface area contributed by atoms with Crippen molar-refractivity contribution in [3.8, 4) is 0 Å². The van der Waals surface area contributed by atoms with Gasteiger partial charge in [-0.3, -0.25) is 14.4 Å². The third-order valence-corrected chi connectivity index (χ3v) is 10.7. The second kappa shape index (κ2) is 52.7. The Kier molecular flexibility index (Phi) is 49.5. The molecule has 0 radical (unpaired) electrons. The summed E-state index contributed by atoms with van der Waals surface area (Å²) in [6.07, 6.45) is 70.6. The minimum Gasteiger partial charge on any atom is -0.462 e. The van der Waals surface area contributed by atoms with E-state index in [2.05, 4.69) is 130 Å². The molecule has 1 atom stereocenters. The van der Waals surface area contributed by atoms with E-state index in [1.807, 2.05) is 0 Å². The molecule has 0 saturated carbocycles. The van der Waals surface area contributed by atoms with Gasteiger partial charge in [0.15, 0.2) is 6.10 Å². The van der Waals surface area contributed by atoms with Crippen molar-refractivity contribution in [1.29, 1.82) is 0 Å². The normalized spacial score (nSPS) is 13.0. The van der Waals surface area contributed by atoms with Crippen LogP contribution in [0.2, 0.25) is 0 Å². The summed E-state index contributed by atoms with van der Waals surface area (Å²) in [5.41, 5.74) is 0. The molecule has 0 heterocycles. The van der Waals surface area contributed by atoms with Gasteiger partial charge >= 0.3 is 17.9 Å². The highest BCUT2D eigenvalue weighted by molar-refractivity contribution is 5.71. The number of hydrogen-bond acceptors (Lipinski definition) is 6. The van der Waals surface area contributed by atoms with Crippen molar-refractivity contribution in [2.75, 3.05) is 13.2 Å². The molecule has 0 spiro atoms. The van der Waals surface area contributed by atoms with E-state index in [1.165, 1.54) is 25.7 Å². The first-order valence-corrected chi connectivity index (χ1v) is 26.4. The van der Waals surface area contributed by atoms with Crippen LogP contribution in [0.15, 0.2) is 109 Å². The minimum atomic E-state index is -0.805. The molecule has 1 unspecified atom stereocenters. The zero-order valence-electron chi connectivity index (χ0n) is 42.0. The summed E-state index contributed by atoms with van der Waals surface area (Å²) in [6, 6.07) is 0. The van der Waals surface area contributed by atoms with E-state index < -0.39 is 6.10 Å². The first-order valence-electron chi connectivity index (χ1n) is 26.4. The predicted molar refractivity (Wildman–Crippen MR) is 279 cm³/mol. The maximum absolute atomic E-state index is 12.8. The molecule has 0 aliphatic carbocycles. The highest BCUT2D eigenvalue weighted by Crippen LogP contribution is 2.13. The molecule has 0 aliphatic rings. The van der Waals surface area contributed by atoms with Crippen molar-refractivity contribution < 1.29 is 28.6 Å². The number of rotatable bonds is 46. The Morgan fingerprint density at radius 2 is 0.600 bits per heavy atom. The van der Waals surface area contributed by atoms with Crippen LogP contribution in [-0.2, 0) is 28.6 Å². The largest absolute Gasteiger partial charge is 0.462 e. The van der Waals surface area contributed by atoms with Crippen molar-refractivity contribution in [2.24, 2.45) is 0 Å². The number of ether oxygens (including phenoxy) is 3. The van der Waals surface area contributed by atoms with Gasteiger partial charge in [-0.25, -0.2) is 0 Å². The number of hydrogen-bond donors (Lipinski definition) is 0. The first-order chi connectivity index (χ1) is 32.0. The summed E-state index contributed by atoms with van der Waals surface area (Å²) in [6.45, 7) is 6.33. The van der Waals surface area contributed by atoms with Crippen molar-refractivity contribution >= 4 is 17.9 Å². The monoisotopic (exact) mass is 901 g/mol. The van der Waals surface area contributed by atoms with Crippen LogP contribution >= 0.6 is 0 Å². The van der Waals surface area contributed by atoms with Gasteiger partial charge in [0, 0.05) is 19.3 Å². The molecule has 0 aromatic heterocycles. The molecule has 6 heteroatoms. The molecule has 0 aliphatic heterocycles. The van der Waals surface area contributed by atoms with Gasteiger partial charge < -0.3 is 14.2 Å². The lowest BCUT2D eigenvalue weighted by Crippen LogP contribution is -2.30. The van der Waals surface area contributed by atoms with E-state index >= 15 is 0 Å². The molecule has 0 aromatic carbocycles. The molecule has 0 amide bonds. The molecule has 0 rings (SSSR count). The van der Waals surface area contributed by atoms with E-state index in [0.29, 0.717) is 19.3 Å². The molecule has 65 heavy (non-hydrogen) atoms. The second-order valence-corrected chi connectivity index (χ2v) is 17.0. The van der Waals surface area contributed by atoms with E-state index in [0.717, 1.165) is 161 Å². The van der Waals surface area contributed by atoms with Crippen LogP contribution in [0, 0.1) is 0 Å².